The molecule has 1 aromatic rings. The lowest BCUT2D eigenvalue weighted by molar-refractivity contribution is -0.130. The molecule has 106 valence electrons. The van der Waals surface area contributed by atoms with Crippen molar-refractivity contribution in [1.82, 2.24) is 10.2 Å². The Bertz CT molecular complexity index is 386. The highest BCUT2D eigenvalue weighted by Crippen LogP contribution is 2.19. The van der Waals surface area contributed by atoms with E-state index in [1.807, 2.05) is 14.1 Å². The Hall–Kier alpha value is -1.35. The monoisotopic (exact) mass is 262 g/mol. The minimum absolute atomic E-state index is 0.181. The zero-order valence-electron chi connectivity index (χ0n) is 12.6. The van der Waals surface area contributed by atoms with E-state index < -0.39 is 0 Å². The van der Waals surface area contributed by atoms with Gasteiger partial charge in [0.05, 0.1) is 0 Å². The lowest BCUT2D eigenvalue weighted by atomic mass is 9.97. The molecule has 0 bridgehead atoms. The van der Waals surface area contributed by atoms with Gasteiger partial charge in [-0.25, -0.2) is 0 Å². The highest BCUT2D eigenvalue weighted by atomic mass is 16.2. The van der Waals surface area contributed by atoms with Crippen LogP contribution in [0.15, 0.2) is 24.3 Å². The Balaban J connectivity index is 2.55. The molecule has 19 heavy (non-hydrogen) atoms. The number of nitrogens with one attached hydrogen (secondary N) is 1. The molecule has 1 N–H and O–H groups in total. The van der Waals surface area contributed by atoms with Gasteiger partial charge in [0.25, 0.3) is 0 Å². The van der Waals surface area contributed by atoms with Gasteiger partial charge in [-0.05, 0) is 30.5 Å². The van der Waals surface area contributed by atoms with Gasteiger partial charge in [0.15, 0.2) is 0 Å². The van der Waals surface area contributed by atoms with Crippen molar-refractivity contribution < 1.29 is 4.79 Å². The van der Waals surface area contributed by atoms with Crippen molar-refractivity contribution in [2.24, 2.45) is 0 Å². The van der Waals surface area contributed by atoms with E-state index in [4.69, 9.17) is 0 Å². The number of benzene rings is 1. The van der Waals surface area contributed by atoms with E-state index in [1.165, 1.54) is 11.1 Å². The van der Waals surface area contributed by atoms with Crippen LogP contribution in [0.25, 0.3) is 0 Å². The zero-order chi connectivity index (χ0) is 14.3. The molecule has 3 heteroatoms. The highest BCUT2D eigenvalue weighted by Gasteiger charge is 2.09. The summed E-state index contributed by atoms with van der Waals surface area (Å²) in [6.07, 6.45) is 1.71. The van der Waals surface area contributed by atoms with Crippen LogP contribution in [0.3, 0.4) is 0 Å². The fourth-order valence-corrected chi connectivity index (χ4v) is 1.97. The van der Waals surface area contributed by atoms with Gasteiger partial charge >= 0.3 is 0 Å². The Kier molecular flexibility index (Phi) is 6.57. The van der Waals surface area contributed by atoms with Gasteiger partial charge in [-0.15, -0.1) is 0 Å². The molecule has 1 atom stereocenters. The van der Waals surface area contributed by atoms with Crippen LogP contribution in [0, 0.1) is 0 Å². The van der Waals surface area contributed by atoms with E-state index in [2.05, 4.69) is 43.4 Å². The van der Waals surface area contributed by atoms with Gasteiger partial charge in [0.2, 0.25) is 5.91 Å². The van der Waals surface area contributed by atoms with Crippen molar-refractivity contribution in [3.8, 4) is 0 Å². The Morgan fingerprint density at radius 2 is 1.95 bits per heavy atom. The lowest BCUT2D eigenvalue weighted by Gasteiger charge is -2.18. The van der Waals surface area contributed by atoms with Gasteiger partial charge in [-0.3, -0.25) is 4.79 Å². The summed E-state index contributed by atoms with van der Waals surface area (Å²) in [5, 5.41) is 3.00. The largest absolute Gasteiger partial charge is 0.341 e. The maximum atomic E-state index is 11.8. The smallest absolute Gasteiger partial charge is 0.223 e. The topological polar surface area (TPSA) is 32.3 Å². The van der Waals surface area contributed by atoms with Crippen molar-refractivity contribution in [2.45, 2.75) is 39.2 Å². The predicted molar refractivity (Wildman–Crippen MR) is 80.2 cm³/mol. The molecule has 1 aromatic carbocycles. The number of hydrogen-bond acceptors (Lipinski definition) is 2. The highest BCUT2D eigenvalue weighted by molar-refractivity contribution is 5.76. The number of rotatable bonds is 7. The fourth-order valence-electron chi connectivity index (χ4n) is 1.97. The van der Waals surface area contributed by atoms with E-state index in [-0.39, 0.29) is 5.91 Å². The summed E-state index contributed by atoms with van der Waals surface area (Å²) in [7, 11) is 3.72. The summed E-state index contributed by atoms with van der Waals surface area (Å²) < 4.78 is 0. The normalized spacial score (nSPS) is 12.2. The third-order valence-corrected chi connectivity index (χ3v) is 3.60. The zero-order valence-corrected chi connectivity index (χ0v) is 12.6. The second kappa shape index (κ2) is 7.95. The first-order valence-electron chi connectivity index (χ1n) is 7.05. The van der Waals surface area contributed by atoms with E-state index in [0.717, 1.165) is 13.0 Å². The third kappa shape index (κ3) is 5.03. The molecule has 1 rings (SSSR count). The first-order valence-corrected chi connectivity index (χ1v) is 7.05. The van der Waals surface area contributed by atoms with Crippen LogP contribution >= 0.6 is 0 Å². The molecule has 0 heterocycles. The summed E-state index contributed by atoms with van der Waals surface area (Å²) >= 11 is 0. The van der Waals surface area contributed by atoms with E-state index >= 15 is 0 Å². The van der Waals surface area contributed by atoms with E-state index in [0.29, 0.717) is 18.9 Å². The molecule has 0 radical (unpaired) electrons. The summed E-state index contributed by atoms with van der Waals surface area (Å²) in [5.74, 6) is 0.782. The van der Waals surface area contributed by atoms with Gasteiger partial charge in [-0.2, -0.15) is 0 Å². The predicted octanol–water partition coefficient (Wildman–Crippen LogP) is 2.77. The van der Waals surface area contributed by atoms with Gasteiger partial charge in [0, 0.05) is 26.6 Å². The first-order chi connectivity index (χ1) is 9.08. The first kappa shape index (κ1) is 15.7. The van der Waals surface area contributed by atoms with Gasteiger partial charge in [-0.1, -0.05) is 38.1 Å². The molecular formula is C16H26N2O. The maximum Gasteiger partial charge on any atom is 0.223 e. The molecule has 3 nitrogen and oxygen atoms in total. The van der Waals surface area contributed by atoms with Crippen LogP contribution in [0.5, 0.6) is 0 Å². The Morgan fingerprint density at radius 1 is 1.32 bits per heavy atom. The van der Waals surface area contributed by atoms with Crippen molar-refractivity contribution in [3.63, 3.8) is 0 Å². The van der Waals surface area contributed by atoms with E-state index in [1.54, 1.807) is 4.90 Å². The van der Waals surface area contributed by atoms with Crippen molar-refractivity contribution in [2.75, 3.05) is 20.6 Å². The molecule has 0 aliphatic heterocycles. The molecule has 0 spiro atoms. The average Bonchev–Trinajstić information content (AvgIpc) is 2.44. The number of carbonyl (C=O) groups excluding carboxylic acids is 1. The Morgan fingerprint density at radius 3 is 2.47 bits per heavy atom. The molecule has 0 aromatic heterocycles. The molecule has 1 amide bonds. The maximum absolute atomic E-state index is 11.8. The molecule has 0 fully saturated rings. The molecule has 1 unspecified atom stereocenters. The van der Waals surface area contributed by atoms with Gasteiger partial charge in [0.1, 0.15) is 0 Å². The molecule has 0 saturated heterocycles. The summed E-state index contributed by atoms with van der Waals surface area (Å²) in [5.41, 5.74) is 2.56. The van der Waals surface area contributed by atoms with Crippen LogP contribution in [0.1, 0.15) is 43.7 Å². The molecule has 0 saturated carbocycles. The van der Waals surface area contributed by atoms with Crippen LogP contribution in [0.4, 0.5) is 0 Å². The lowest BCUT2D eigenvalue weighted by Crippen LogP contribution is -2.28. The van der Waals surface area contributed by atoms with Gasteiger partial charge < -0.3 is 10.2 Å². The average molecular weight is 262 g/mol. The minimum Gasteiger partial charge on any atom is -0.341 e. The number of hydrogen-bond donors (Lipinski definition) is 1. The second-order valence-electron chi connectivity index (χ2n) is 5.15. The Labute approximate surface area is 117 Å². The third-order valence-electron chi connectivity index (χ3n) is 3.60. The number of nitrogens with zero attached hydrogens (tertiary/aromatic N) is 1. The summed E-state index contributed by atoms with van der Waals surface area (Å²) in [4.78, 5) is 13.6. The van der Waals surface area contributed by atoms with Crippen molar-refractivity contribution >= 4 is 5.91 Å². The molecular weight excluding hydrogens is 236 g/mol. The quantitative estimate of drug-likeness (QED) is 0.819. The molecule has 0 aliphatic carbocycles. The summed E-state index contributed by atoms with van der Waals surface area (Å²) in [6.45, 7) is 5.86. The number of carbonyl (C=O) groups is 1. The van der Waals surface area contributed by atoms with Crippen LogP contribution < -0.4 is 5.32 Å². The van der Waals surface area contributed by atoms with Crippen LogP contribution in [0.2, 0.25) is 0 Å². The van der Waals surface area contributed by atoms with Crippen LogP contribution in [-0.4, -0.2) is 31.4 Å². The van der Waals surface area contributed by atoms with E-state index in [9.17, 15) is 4.79 Å². The minimum atomic E-state index is 0.181. The fraction of sp³-hybridized carbons (Fsp3) is 0.562. The van der Waals surface area contributed by atoms with Crippen molar-refractivity contribution in [3.05, 3.63) is 35.4 Å². The summed E-state index contributed by atoms with van der Waals surface area (Å²) in [6, 6.07) is 8.61. The van der Waals surface area contributed by atoms with Crippen molar-refractivity contribution in [1.29, 1.82) is 0 Å². The SMILES string of the molecule is CCC(C)c1ccc(CN(C)C(=O)CCNC)cc1. The molecule has 0 aliphatic rings. The van der Waals surface area contributed by atoms with Crippen LogP contribution in [-0.2, 0) is 11.3 Å². The number of amides is 1. The standard InChI is InChI=1S/C16H26N2O/c1-5-13(2)15-8-6-14(7-9-15)12-18(4)16(19)10-11-17-3/h6-9,13,17H,5,10-12H2,1-4H3. The second-order valence-corrected chi connectivity index (χ2v) is 5.15.